The van der Waals surface area contributed by atoms with Crippen molar-refractivity contribution in [1.82, 2.24) is 4.57 Å². The quantitative estimate of drug-likeness (QED) is 0.179. The Morgan fingerprint density at radius 2 is 0.841 bits per heavy atom. The highest BCUT2D eigenvalue weighted by Gasteiger charge is 2.16. The highest BCUT2D eigenvalue weighted by Crippen LogP contribution is 2.40. The number of para-hydroxylation sites is 1. The number of benzene rings is 7. The Morgan fingerprint density at radius 1 is 0.341 bits per heavy atom. The Hall–Kier alpha value is -5.18. The van der Waals surface area contributed by atoms with Crippen LogP contribution in [0.2, 0.25) is 0 Å². The lowest BCUT2D eigenvalue weighted by Crippen LogP contribution is -1.94. The molecule has 0 radical (unpaired) electrons. The van der Waals surface area contributed by atoms with Crippen LogP contribution in [-0.2, 0) is 0 Å². The summed E-state index contributed by atoms with van der Waals surface area (Å²) in [6.07, 6.45) is 0. The van der Waals surface area contributed by atoms with Crippen molar-refractivity contribution in [3.8, 4) is 50.2 Å². The molecular formula is C42H28BrN. The van der Waals surface area contributed by atoms with E-state index in [1.165, 1.54) is 66.3 Å². The summed E-state index contributed by atoms with van der Waals surface area (Å²) in [4.78, 5) is 0. The van der Waals surface area contributed by atoms with Gasteiger partial charge in [0.1, 0.15) is 0 Å². The fourth-order valence-corrected chi connectivity index (χ4v) is 6.96. The van der Waals surface area contributed by atoms with Crippen molar-refractivity contribution in [3.05, 3.63) is 174 Å². The van der Waals surface area contributed by atoms with Gasteiger partial charge in [-0.25, -0.2) is 0 Å². The maximum absolute atomic E-state index is 3.78. The van der Waals surface area contributed by atoms with Crippen molar-refractivity contribution in [2.24, 2.45) is 0 Å². The van der Waals surface area contributed by atoms with E-state index in [1.807, 2.05) is 0 Å². The van der Waals surface area contributed by atoms with Crippen molar-refractivity contribution in [3.63, 3.8) is 0 Å². The smallest absolute Gasteiger partial charge is 0.0547 e. The van der Waals surface area contributed by atoms with Gasteiger partial charge in [0.25, 0.3) is 0 Å². The van der Waals surface area contributed by atoms with Gasteiger partial charge in [0.05, 0.1) is 11.0 Å². The molecule has 0 amide bonds. The van der Waals surface area contributed by atoms with Gasteiger partial charge in [-0.15, -0.1) is 0 Å². The number of hydrogen-bond donors (Lipinski definition) is 0. The van der Waals surface area contributed by atoms with Crippen LogP contribution in [0.5, 0.6) is 0 Å². The number of rotatable bonds is 5. The first-order valence-electron chi connectivity index (χ1n) is 14.9. The molecule has 0 aliphatic carbocycles. The summed E-state index contributed by atoms with van der Waals surface area (Å²) in [7, 11) is 0. The predicted octanol–water partition coefficient (Wildman–Crippen LogP) is 12.2. The minimum absolute atomic E-state index is 1.09. The molecule has 0 bridgehead atoms. The summed E-state index contributed by atoms with van der Waals surface area (Å²) in [6, 6.07) is 61.0. The largest absolute Gasteiger partial charge is 0.309 e. The maximum atomic E-state index is 3.78. The van der Waals surface area contributed by atoms with Gasteiger partial charge < -0.3 is 4.57 Å². The molecule has 0 spiro atoms. The Balaban J connectivity index is 1.28. The SMILES string of the molecule is Brc1ccccc1-c1ccccc1-c1ccc2c3ccccc3n(-c3ccc(-c4ccccc4-c4ccccc4)cc3)c2c1. The summed E-state index contributed by atoms with van der Waals surface area (Å²) in [5.41, 5.74) is 13.3. The third-order valence-electron chi connectivity index (χ3n) is 8.52. The zero-order valence-corrected chi connectivity index (χ0v) is 25.6. The fraction of sp³-hybridized carbons (Fsp3) is 0. The first-order valence-corrected chi connectivity index (χ1v) is 15.7. The van der Waals surface area contributed by atoms with Gasteiger partial charge in [0.15, 0.2) is 0 Å². The van der Waals surface area contributed by atoms with E-state index < -0.39 is 0 Å². The van der Waals surface area contributed by atoms with E-state index in [0.29, 0.717) is 0 Å². The summed E-state index contributed by atoms with van der Waals surface area (Å²) >= 11 is 3.78. The minimum Gasteiger partial charge on any atom is -0.309 e. The van der Waals surface area contributed by atoms with Gasteiger partial charge >= 0.3 is 0 Å². The molecule has 0 saturated carbocycles. The molecule has 44 heavy (non-hydrogen) atoms. The standard InChI is InChI=1S/C42H28BrN/c43-40-20-10-8-18-37(40)36-17-7-6-16-35(36)31-24-27-39-38-19-9-11-21-41(38)44(42(39)28-31)32-25-22-30(23-26-32)34-15-5-4-14-33(34)29-12-2-1-3-13-29/h1-28H. The van der Waals surface area contributed by atoms with E-state index in [1.54, 1.807) is 0 Å². The Kier molecular flexibility index (Phi) is 6.70. The highest BCUT2D eigenvalue weighted by atomic mass is 79.9. The number of halogens is 1. The second kappa shape index (κ2) is 11.1. The van der Waals surface area contributed by atoms with Crippen LogP contribution >= 0.6 is 15.9 Å². The molecular weight excluding hydrogens is 598 g/mol. The maximum Gasteiger partial charge on any atom is 0.0547 e. The number of nitrogens with zero attached hydrogens (tertiary/aromatic N) is 1. The van der Waals surface area contributed by atoms with Crippen molar-refractivity contribution in [1.29, 1.82) is 0 Å². The van der Waals surface area contributed by atoms with Crippen LogP contribution in [0, 0.1) is 0 Å². The molecule has 0 saturated heterocycles. The van der Waals surface area contributed by atoms with Crippen LogP contribution in [0.3, 0.4) is 0 Å². The first kappa shape index (κ1) is 26.4. The minimum atomic E-state index is 1.09. The molecule has 0 aliphatic rings. The summed E-state index contributed by atoms with van der Waals surface area (Å²) < 4.78 is 3.50. The third-order valence-corrected chi connectivity index (χ3v) is 9.22. The van der Waals surface area contributed by atoms with Gasteiger partial charge in [-0.3, -0.25) is 0 Å². The summed E-state index contributed by atoms with van der Waals surface area (Å²) in [6.45, 7) is 0. The Bertz CT molecular complexity index is 2280. The molecule has 0 fully saturated rings. The molecule has 208 valence electrons. The molecule has 1 aromatic heterocycles. The van der Waals surface area contributed by atoms with Gasteiger partial charge in [-0.05, 0) is 74.8 Å². The molecule has 2 heteroatoms. The molecule has 0 atom stereocenters. The number of fused-ring (bicyclic) bond motifs is 3. The van der Waals surface area contributed by atoms with Gasteiger partial charge in [0.2, 0.25) is 0 Å². The van der Waals surface area contributed by atoms with E-state index >= 15 is 0 Å². The average molecular weight is 627 g/mol. The summed E-state index contributed by atoms with van der Waals surface area (Å²) in [5, 5.41) is 2.51. The van der Waals surface area contributed by atoms with Crippen LogP contribution in [0.25, 0.3) is 72.0 Å². The lowest BCUT2D eigenvalue weighted by Gasteiger charge is -2.14. The molecule has 7 aromatic carbocycles. The highest BCUT2D eigenvalue weighted by molar-refractivity contribution is 9.10. The van der Waals surface area contributed by atoms with E-state index in [-0.39, 0.29) is 0 Å². The van der Waals surface area contributed by atoms with Crippen LogP contribution in [0.15, 0.2) is 174 Å². The zero-order chi connectivity index (χ0) is 29.5. The van der Waals surface area contributed by atoms with Crippen LogP contribution in [0.1, 0.15) is 0 Å². The lowest BCUT2D eigenvalue weighted by molar-refractivity contribution is 1.18. The van der Waals surface area contributed by atoms with Crippen molar-refractivity contribution in [2.45, 2.75) is 0 Å². The average Bonchev–Trinajstić information content (AvgIpc) is 3.43. The van der Waals surface area contributed by atoms with Crippen LogP contribution in [-0.4, -0.2) is 4.57 Å². The van der Waals surface area contributed by atoms with E-state index in [9.17, 15) is 0 Å². The molecule has 0 aliphatic heterocycles. The zero-order valence-electron chi connectivity index (χ0n) is 24.0. The fourth-order valence-electron chi connectivity index (χ4n) is 6.46. The van der Waals surface area contributed by atoms with Gasteiger partial charge in [0, 0.05) is 20.9 Å². The molecule has 8 rings (SSSR count). The Morgan fingerprint density at radius 3 is 1.55 bits per heavy atom. The van der Waals surface area contributed by atoms with E-state index in [4.69, 9.17) is 0 Å². The van der Waals surface area contributed by atoms with Crippen molar-refractivity contribution in [2.75, 3.05) is 0 Å². The van der Waals surface area contributed by atoms with E-state index in [0.717, 1.165) is 10.2 Å². The van der Waals surface area contributed by atoms with Gasteiger partial charge in [-0.2, -0.15) is 0 Å². The second-order valence-electron chi connectivity index (χ2n) is 11.1. The Labute approximate surface area is 265 Å². The van der Waals surface area contributed by atoms with Crippen molar-refractivity contribution >= 4 is 37.7 Å². The second-order valence-corrected chi connectivity index (χ2v) is 11.9. The topological polar surface area (TPSA) is 4.93 Å². The normalized spacial score (nSPS) is 11.3. The molecule has 1 nitrogen and oxygen atoms in total. The molecule has 0 unspecified atom stereocenters. The van der Waals surface area contributed by atoms with Crippen LogP contribution in [0.4, 0.5) is 0 Å². The van der Waals surface area contributed by atoms with Crippen molar-refractivity contribution < 1.29 is 0 Å². The lowest BCUT2D eigenvalue weighted by atomic mass is 9.94. The predicted molar refractivity (Wildman–Crippen MR) is 190 cm³/mol. The monoisotopic (exact) mass is 625 g/mol. The third kappa shape index (κ3) is 4.56. The van der Waals surface area contributed by atoms with E-state index in [2.05, 4.69) is 190 Å². The number of aromatic nitrogens is 1. The number of hydrogen-bond acceptors (Lipinski definition) is 0. The van der Waals surface area contributed by atoms with Crippen LogP contribution < -0.4 is 0 Å². The van der Waals surface area contributed by atoms with Gasteiger partial charge in [-0.1, -0.05) is 155 Å². The molecule has 0 N–H and O–H groups in total. The first-order chi connectivity index (χ1) is 21.8. The molecule has 1 heterocycles. The molecule has 8 aromatic rings. The summed E-state index contributed by atoms with van der Waals surface area (Å²) in [5.74, 6) is 0.